The molecule has 1 amide bonds. The highest BCUT2D eigenvalue weighted by molar-refractivity contribution is 7.13. The monoisotopic (exact) mass is 360 g/mol. The van der Waals surface area contributed by atoms with Crippen LogP contribution in [-0.4, -0.2) is 51.7 Å². The van der Waals surface area contributed by atoms with Crippen molar-refractivity contribution in [2.75, 3.05) is 30.3 Å². The molecule has 0 saturated carbocycles. The van der Waals surface area contributed by atoms with Crippen LogP contribution in [-0.2, 0) is 0 Å². The van der Waals surface area contributed by atoms with Gasteiger partial charge in [-0.2, -0.15) is 0 Å². The van der Waals surface area contributed by atoms with Gasteiger partial charge in [0.1, 0.15) is 11.3 Å². The lowest BCUT2D eigenvalue weighted by atomic mass is 10.1. The van der Waals surface area contributed by atoms with E-state index in [1.807, 2.05) is 6.07 Å². The molecule has 1 saturated heterocycles. The largest absolute Gasteiger partial charge is 0.370 e. The molecule has 0 radical (unpaired) electrons. The van der Waals surface area contributed by atoms with Crippen LogP contribution in [0.25, 0.3) is 0 Å². The second-order valence-corrected chi connectivity index (χ2v) is 7.12. The van der Waals surface area contributed by atoms with Crippen molar-refractivity contribution in [2.24, 2.45) is 0 Å². The van der Waals surface area contributed by atoms with Crippen molar-refractivity contribution in [2.45, 2.75) is 38.6 Å². The normalized spacial score (nSPS) is 16.4. The molecule has 0 spiro atoms. The number of anilines is 2. The number of likely N-dealkylation sites (tertiary alicyclic amines) is 1. The Labute approximate surface area is 151 Å². The van der Waals surface area contributed by atoms with E-state index in [0.717, 1.165) is 18.8 Å². The summed E-state index contributed by atoms with van der Waals surface area (Å²) in [6, 6.07) is 4.19. The summed E-state index contributed by atoms with van der Waals surface area (Å²) in [5.74, 6) is 0.563. The topological polar surface area (TPSA) is 83.0 Å². The summed E-state index contributed by atoms with van der Waals surface area (Å²) < 4.78 is 0. The van der Waals surface area contributed by atoms with Gasteiger partial charge in [-0.3, -0.25) is 10.1 Å². The first kappa shape index (κ1) is 17.8. The molecule has 1 aliphatic rings. The summed E-state index contributed by atoms with van der Waals surface area (Å²) in [6.45, 7) is 5.61. The SMILES string of the molecule is CC(CCNc1ccc(C(=O)Nc2nncs2)cn1)N1CCCCC1. The van der Waals surface area contributed by atoms with E-state index >= 15 is 0 Å². The maximum atomic E-state index is 12.1. The fourth-order valence-electron chi connectivity index (χ4n) is 2.98. The molecule has 25 heavy (non-hydrogen) atoms. The molecular weight excluding hydrogens is 336 g/mol. The lowest BCUT2D eigenvalue weighted by Gasteiger charge is -2.32. The summed E-state index contributed by atoms with van der Waals surface area (Å²) in [4.78, 5) is 19.0. The number of nitrogens with zero attached hydrogens (tertiary/aromatic N) is 4. The van der Waals surface area contributed by atoms with E-state index in [-0.39, 0.29) is 5.91 Å². The molecule has 0 aromatic carbocycles. The molecule has 8 heteroatoms. The summed E-state index contributed by atoms with van der Waals surface area (Å²) >= 11 is 1.28. The molecule has 3 heterocycles. The minimum atomic E-state index is -0.227. The average molecular weight is 360 g/mol. The Bertz CT molecular complexity index is 654. The Balaban J connectivity index is 1.43. The Kier molecular flexibility index (Phi) is 6.30. The molecule has 1 fully saturated rings. The maximum absolute atomic E-state index is 12.1. The van der Waals surface area contributed by atoms with Gasteiger partial charge in [-0.25, -0.2) is 4.98 Å². The highest BCUT2D eigenvalue weighted by atomic mass is 32.1. The van der Waals surface area contributed by atoms with E-state index in [4.69, 9.17) is 0 Å². The van der Waals surface area contributed by atoms with Crippen LogP contribution in [0.3, 0.4) is 0 Å². The molecule has 3 rings (SSSR count). The first-order valence-corrected chi connectivity index (χ1v) is 9.62. The van der Waals surface area contributed by atoms with E-state index in [0.29, 0.717) is 16.7 Å². The lowest BCUT2D eigenvalue weighted by Crippen LogP contribution is -2.38. The zero-order chi connectivity index (χ0) is 17.5. The van der Waals surface area contributed by atoms with Gasteiger partial charge >= 0.3 is 0 Å². The number of nitrogens with one attached hydrogen (secondary N) is 2. The van der Waals surface area contributed by atoms with E-state index in [2.05, 4.69) is 37.6 Å². The maximum Gasteiger partial charge on any atom is 0.259 e. The van der Waals surface area contributed by atoms with Crippen LogP contribution in [0.5, 0.6) is 0 Å². The molecule has 0 aliphatic carbocycles. The van der Waals surface area contributed by atoms with Gasteiger partial charge in [0, 0.05) is 18.8 Å². The molecule has 2 aromatic rings. The van der Waals surface area contributed by atoms with Crippen LogP contribution in [0.15, 0.2) is 23.8 Å². The van der Waals surface area contributed by atoms with Crippen molar-refractivity contribution in [1.29, 1.82) is 0 Å². The first-order valence-electron chi connectivity index (χ1n) is 8.74. The van der Waals surface area contributed by atoms with E-state index < -0.39 is 0 Å². The minimum absolute atomic E-state index is 0.227. The molecule has 2 aromatic heterocycles. The van der Waals surface area contributed by atoms with Crippen LogP contribution < -0.4 is 10.6 Å². The van der Waals surface area contributed by atoms with Crippen LogP contribution in [0.1, 0.15) is 43.0 Å². The Morgan fingerprint density at radius 2 is 2.16 bits per heavy atom. The number of hydrogen-bond acceptors (Lipinski definition) is 7. The number of pyridine rings is 1. The number of aromatic nitrogens is 3. The Hall–Kier alpha value is -2.06. The summed E-state index contributed by atoms with van der Waals surface area (Å²) in [5.41, 5.74) is 2.08. The Morgan fingerprint density at radius 1 is 1.32 bits per heavy atom. The van der Waals surface area contributed by atoms with E-state index in [1.54, 1.807) is 17.8 Å². The third-order valence-electron chi connectivity index (χ3n) is 4.49. The van der Waals surface area contributed by atoms with Gasteiger partial charge in [0.25, 0.3) is 5.91 Å². The lowest BCUT2D eigenvalue weighted by molar-refractivity contribution is 0.102. The van der Waals surface area contributed by atoms with Gasteiger partial charge in [0.05, 0.1) is 5.56 Å². The van der Waals surface area contributed by atoms with Gasteiger partial charge in [0.2, 0.25) is 5.13 Å². The van der Waals surface area contributed by atoms with Gasteiger partial charge in [-0.05, 0) is 51.4 Å². The zero-order valence-electron chi connectivity index (χ0n) is 14.4. The molecule has 1 atom stereocenters. The smallest absolute Gasteiger partial charge is 0.259 e. The number of piperidine rings is 1. The fraction of sp³-hybridized carbons (Fsp3) is 0.529. The predicted octanol–water partition coefficient (Wildman–Crippen LogP) is 2.86. The molecule has 2 N–H and O–H groups in total. The van der Waals surface area contributed by atoms with Crippen molar-refractivity contribution in [3.63, 3.8) is 0 Å². The van der Waals surface area contributed by atoms with Gasteiger partial charge in [0.15, 0.2) is 0 Å². The van der Waals surface area contributed by atoms with Crippen molar-refractivity contribution >= 4 is 28.2 Å². The number of carbonyl (C=O) groups excluding carboxylic acids is 1. The quantitative estimate of drug-likeness (QED) is 0.790. The average Bonchev–Trinajstić information content (AvgIpc) is 3.16. The van der Waals surface area contributed by atoms with Gasteiger partial charge < -0.3 is 10.2 Å². The van der Waals surface area contributed by atoms with Crippen molar-refractivity contribution in [3.8, 4) is 0 Å². The standard InChI is InChI=1S/C17H24N6OS/c1-13(23-9-3-2-4-10-23)7-8-18-15-6-5-14(11-19-15)16(24)21-17-22-20-12-25-17/h5-6,11-13H,2-4,7-10H2,1H3,(H,18,19)(H,21,22,24). The second kappa shape index (κ2) is 8.87. The minimum Gasteiger partial charge on any atom is -0.370 e. The number of rotatable bonds is 7. The number of amides is 1. The highest BCUT2D eigenvalue weighted by Crippen LogP contribution is 2.15. The number of carbonyl (C=O) groups is 1. The van der Waals surface area contributed by atoms with Crippen LogP contribution in [0, 0.1) is 0 Å². The van der Waals surface area contributed by atoms with Crippen molar-refractivity contribution in [1.82, 2.24) is 20.1 Å². The predicted molar refractivity (Wildman–Crippen MR) is 100 cm³/mol. The molecule has 1 aliphatic heterocycles. The van der Waals surface area contributed by atoms with Crippen molar-refractivity contribution in [3.05, 3.63) is 29.4 Å². The summed E-state index contributed by atoms with van der Waals surface area (Å²) in [5, 5.41) is 14.0. The highest BCUT2D eigenvalue weighted by Gasteiger charge is 2.16. The summed E-state index contributed by atoms with van der Waals surface area (Å²) in [6.07, 6.45) is 6.66. The third-order valence-corrected chi connectivity index (χ3v) is 5.10. The van der Waals surface area contributed by atoms with Gasteiger partial charge in [-0.1, -0.05) is 17.8 Å². The van der Waals surface area contributed by atoms with Crippen molar-refractivity contribution < 1.29 is 4.79 Å². The fourth-order valence-corrected chi connectivity index (χ4v) is 3.42. The second-order valence-electron chi connectivity index (χ2n) is 6.29. The van der Waals surface area contributed by atoms with Crippen LogP contribution in [0.2, 0.25) is 0 Å². The summed E-state index contributed by atoms with van der Waals surface area (Å²) in [7, 11) is 0. The molecule has 1 unspecified atom stereocenters. The van der Waals surface area contributed by atoms with Crippen LogP contribution >= 0.6 is 11.3 Å². The van der Waals surface area contributed by atoms with E-state index in [9.17, 15) is 4.79 Å². The molecular formula is C17H24N6OS. The van der Waals surface area contributed by atoms with E-state index in [1.165, 1.54) is 43.7 Å². The van der Waals surface area contributed by atoms with Gasteiger partial charge in [-0.15, -0.1) is 10.2 Å². The van der Waals surface area contributed by atoms with Crippen LogP contribution in [0.4, 0.5) is 10.9 Å². The molecule has 134 valence electrons. The zero-order valence-corrected chi connectivity index (χ0v) is 15.3. The first-order chi connectivity index (χ1) is 12.2. The Morgan fingerprint density at radius 3 is 2.84 bits per heavy atom. The molecule has 0 bridgehead atoms. The third kappa shape index (κ3) is 5.20. The molecule has 7 nitrogen and oxygen atoms in total. The number of hydrogen-bond donors (Lipinski definition) is 2.